The minimum atomic E-state index is -0.456. The van der Waals surface area contributed by atoms with Crippen molar-refractivity contribution in [1.29, 1.82) is 0 Å². The number of fused-ring (bicyclic) bond motifs is 6. The summed E-state index contributed by atoms with van der Waals surface area (Å²) in [5.41, 5.74) is 15.9. The Morgan fingerprint density at radius 3 is 1.62 bits per heavy atom. The molecule has 4 nitrogen and oxygen atoms in total. The second kappa shape index (κ2) is 19.2. The standard InChI is InChI=1S/C76H50F2N2O2/c77-63-45-53(47-19-5-1-6-20-47)43-61(49-23-9-3-10-24-49)73(63)79(67-31-17-29-57-55-27-13-15-33-69(55)81-75(57)67)65-41-37-51-36-40-60-66(42-38-52-35-39-59(65)71(51)72(52)60)80(68-32-18-30-58-56-28-14-16-34-70(56)82-76(58)68)74-62(50-25-11-4-12-26-50)44-54(46-64(74)78)48-21-7-2-8-22-48/h1-3,5-11,13-46,60,66H,4,12H2. The van der Waals surface area contributed by atoms with Crippen LogP contribution in [0.3, 0.4) is 0 Å². The summed E-state index contributed by atoms with van der Waals surface area (Å²) in [5.74, 6) is -1.02. The number of rotatable bonds is 10. The minimum absolute atomic E-state index is 0.294. The van der Waals surface area contributed by atoms with Gasteiger partial charge in [0, 0.05) is 44.0 Å². The molecule has 16 rings (SSSR count). The molecule has 3 aliphatic carbocycles. The SMILES string of the molecule is Fc1cc(-c2ccccc2)cc(-c2ccccc2)c1N(c1ccc2c3c4c(ccc13)C=CC(N(c1c(F)cc(-c3ccccc3)cc1C1=CCCC=C1)c1cccc3c1oc1ccccc13)C4C=C2)c1cccc2c1oc1ccccc12. The highest BCUT2D eigenvalue weighted by Crippen LogP contribution is 2.54. The molecule has 3 aliphatic rings. The van der Waals surface area contributed by atoms with Gasteiger partial charge in [-0.05, 0) is 123 Å². The number of allylic oxidation sites excluding steroid dienone is 4. The van der Waals surface area contributed by atoms with Crippen LogP contribution in [0.15, 0.2) is 264 Å². The van der Waals surface area contributed by atoms with Crippen molar-refractivity contribution in [2.45, 2.75) is 24.8 Å². The smallest absolute Gasteiger partial charge is 0.159 e. The van der Waals surface area contributed by atoms with Crippen LogP contribution in [0, 0.1) is 11.6 Å². The third kappa shape index (κ3) is 7.63. The first-order chi connectivity index (χ1) is 40.5. The molecule has 2 aromatic heterocycles. The van der Waals surface area contributed by atoms with E-state index in [-0.39, 0.29) is 17.6 Å². The average Bonchev–Trinajstić information content (AvgIpc) is 2.76. The van der Waals surface area contributed by atoms with E-state index in [1.165, 1.54) is 0 Å². The van der Waals surface area contributed by atoms with Gasteiger partial charge in [-0.2, -0.15) is 0 Å². The highest BCUT2D eigenvalue weighted by molar-refractivity contribution is 6.15. The Balaban J connectivity index is 0.948. The number of furan rings is 2. The van der Waals surface area contributed by atoms with E-state index in [4.69, 9.17) is 8.83 Å². The summed E-state index contributed by atoms with van der Waals surface area (Å²) >= 11 is 0. The first-order valence-corrected chi connectivity index (χ1v) is 28.1. The summed E-state index contributed by atoms with van der Waals surface area (Å²) in [5, 5.41) is 5.82. The maximum Gasteiger partial charge on any atom is 0.159 e. The van der Waals surface area contributed by atoms with Crippen LogP contribution in [0.25, 0.3) is 106 Å². The van der Waals surface area contributed by atoms with Crippen molar-refractivity contribution in [2.75, 3.05) is 9.80 Å². The number of halogens is 2. The van der Waals surface area contributed by atoms with E-state index in [0.717, 1.165) is 129 Å². The Bertz CT molecular complexity index is 4860. The van der Waals surface area contributed by atoms with Crippen LogP contribution in [0.2, 0.25) is 0 Å². The van der Waals surface area contributed by atoms with Crippen molar-refractivity contribution < 1.29 is 17.6 Å². The molecule has 2 atom stereocenters. The monoisotopic (exact) mass is 1060 g/mol. The molecule has 6 heteroatoms. The molecule has 82 heavy (non-hydrogen) atoms. The molecule has 0 N–H and O–H groups in total. The zero-order chi connectivity index (χ0) is 54.4. The molecule has 0 fully saturated rings. The molecule has 2 unspecified atom stereocenters. The van der Waals surface area contributed by atoms with Crippen molar-refractivity contribution in [3.63, 3.8) is 0 Å². The van der Waals surface area contributed by atoms with Gasteiger partial charge in [0.2, 0.25) is 0 Å². The topological polar surface area (TPSA) is 32.8 Å². The van der Waals surface area contributed by atoms with Crippen LogP contribution in [0.5, 0.6) is 0 Å². The normalized spacial score (nSPS) is 15.3. The second-order valence-corrected chi connectivity index (χ2v) is 21.6. The Labute approximate surface area is 472 Å². The Hall–Kier alpha value is -10.3. The highest BCUT2D eigenvalue weighted by Gasteiger charge is 2.39. The van der Waals surface area contributed by atoms with Gasteiger partial charge >= 0.3 is 0 Å². The Morgan fingerprint density at radius 1 is 0.402 bits per heavy atom. The summed E-state index contributed by atoms with van der Waals surface area (Å²) in [6.07, 6.45) is 17.3. The molecular formula is C76H50F2N2O2. The molecule has 0 spiro atoms. The molecule has 390 valence electrons. The maximum absolute atomic E-state index is 18.4. The van der Waals surface area contributed by atoms with Crippen molar-refractivity contribution in [3.05, 3.63) is 289 Å². The lowest BCUT2D eigenvalue weighted by molar-refractivity contribution is 0.608. The van der Waals surface area contributed by atoms with Crippen LogP contribution >= 0.6 is 0 Å². The van der Waals surface area contributed by atoms with E-state index < -0.39 is 6.04 Å². The van der Waals surface area contributed by atoms with E-state index in [0.29, 0.717) is 28.2 Å². The quantitative estimate of drug-likeness (QED) is 0.137. The molecular weight excluding hydrogens is 1010 g/mol. The van der Waals surface area contributed by atoms with Gasteiger partial charge in [0.1, 0.15) is 22.8 Å². The fourth-order valence-corrected chi connectivity index (χ4v) is 13.3. The second-order valence-electron chi connectivity index (χ2n) is 21.6. The number of hydrogen-bond acceptors (Lipinski definition) is 4. The third-order valence-electron chi connectivity index (χ3n) is 16.9. The Kier molecular flexibility index (Phi) is 11.2. The number of nitrogens with zero attached hydrogens (tertiary/aromatic N) is 2. The van der Waals surface area contributed by atoms with Gasteiger partial charge in [0.15, 0.2) is 11.2 Å². The zero-order valence-corrected chi connectivity index (χ0v) is 44.4. The van der Waals surface area contributed by atoms with Crippen molar-refractivity contribution in [2.24, 2.45) is 0 Å². The predicted molar refractivity (Wildman–Crippen MR) is 335 cm³/mol. The van der Waals surface area contributed by atoms with E-state index in [1.54, 1.807) is 12.1 Å². The van der Waals surface area contributed by atoms with Gasteiger partial charge in [0.05, 0.1) is 34.5 Å². The maximum atomic E-state index is 18.4. The van der Waals surface area contributed by atoms with E-state index in [1.807, 2.05) is 140 Å². The number of benzene rings is 11. The molecule has 11 aromatic carbocycles. The molecule has 0 saturated carbocycles. The van der Waals surface area contributed by atoms with Crippen molar-refractivity contribution in [1.82, 2.24) is 0 Å². The first kappa shape index (κ1) is 47.7. The fraction of sp³-hybridized carbons (Fsp3) is 0.0526. The lowest BCUT2D eigenvalue weighted by Crippen LogP contribution is -2.37. The minimum Gasteiger partial charge on any atom is -0.454 e. The molecule has 0 saturated heterocycles. The lowest BCUT2D eigenvalue weighted by atomic mass is 9.75. The summed E-state index contributed by atoms with van der Waals surface area (Å²) in [4.78, 5) is 4.29. The number of hydrogen-bond donors (Lipinski definition) is 0. The molecule has 2 heterocycles. The zero-order valence-electron chi connectivity index (χ0n) is 44.4. The highest BCUT2D eigenvalue weighted by atomic mass is 19.1. The van der Waals surface area contributed by atoms with Crippen LogP contribution in [-0.2, 0) is 0 Å². The third-order valence-corrected chi connectivity index (χ3v) is 16.9. The lowest BCUT2D eigenvalue weighted by Gasteiger charge is -2.41. The van der Waals surface area contributed by atoms with Gasteiger partial charge < -0.3 is 18.6 Å². The van der Waals surface area contributed by atoms with Gasteiger partial charge in [-0.1, -0.05) is 212 Å². The average molecular weight is 1060 g/mol. The molecule has 0 amide bonds. The number of para-hydroxylation sites is 4. The summed E-state index contributed by atoms with van der Waals surface area (Å²) in [7, 11) is 0. The molecule has 0 bridgehead atoms. The van der Waals surface area contributed by atoms with Gasteiger partial charge in [0.25, 0.3) is 0 Å². The van der Waals surface area contributed by atoms with E-state index >= 15 is 8.78 Å². The van der Waals surface area contributed by atoms with Gasteiger partial charge in [-0.3, -0.25) is 0 Å². The molecule has 0 aliphatic heterocycles. The summed E-state index contributed by atoms with van der Waals surface area (Å²) < 4.78 is 50.5. The van der Waals surface area contributed by atoms with Crippen molar-refractivity contribution in [3.8, 4) is 33.4 Å². The van der Waals surface area contributed by atoms with E-state index in [9.17, 15) is 0 Å². The first-order valence-electron chi connectivity index (χ1n) is 28.1. The molecule has 0 radical (unpaired) electrons. The van der Waals surface area contributed by atoms with Crippen LogP contribution < -0.4 is 9.80 Å². The summed E-state index contributed by atoms with van der Waals surface area (Å²) in [6.45, 7) is 0. The largest absolute Gasteiger partial charge is 0.454 e. The Morgan fingerprint density at radius 2 is 0.963 bits per heavy atom. The van der Waals surface area contributed by atoms with Crippen molar-refractivity contribution >= 4 is 101 Å². The van der Waals surface area contributed by atoms with Gasteiger partial charge in [-0.25, -0.2) is 8.78 Å². The number of anilines is 5. The fourth-order valence-electron chi connectivity index (χ4n) is 13.3. The van der Waals surface area contributed by atoms with Crippen LogP contribution in [0.4, 0.5) is 37.2 Å². The van der Waals surface area contributed by atoms with Crippen LogP contribution in [0.1, 0.15) is 41.0 Å². The van der Waals surface area contributed by atoms with Crippen LogP contribution in [-0.4, -0.2) is 6.04 Å². The predicted octanol–water partition coefficient (Wildman–Crippen LogP) is 21.5. The van der Waals surface area contributed by atoms with E-state index in [2.05, 4.69) is 125 Å². The van der Waals surface area contributed by atoms with Gasteiger partial charge in [-0.15, -0.1) is 0 Å². The summed E-state index contributed by atoms with van der Waals surface area (Å²) in [6, 6.07) is 74.5. The molecule has 13 aromatic rings.